The lowest BCUT2D eigenvalue weighted by Crippen LogP contribution is -2.65. The third-order valence-electron chi connectivity index (χ3n) is 6.73. The van der Waals surface area contributed by atoms with Gasteiger partial charge >= 0.3 is 0 Å². The molecule has 0 spiro atoms. The summed E-state index contributed by atoms with van der Waals surface area (Å²) in [5.41, 5.74) is 3.44. The molecular formula is C25H32O7. The van der Waals surface area contributed by atoms with E-state index >= 15 is 0 Å². The van der Waals surface area contributed by atoms with Gasteiger partial charge in [0.05, 0.1) is 19.8 Å². The van der Waals surface area contributed by atoms with Gasteiger partial charge < -0.3 is 35.0 Å². The maximum Gasteiger partial charge on any atom is 0.143 e. The molecule has 32 heavy (non-hydrogen) atoms. The van der Waals surface area contributed by atoms with Gasteiger partial charge in [0.2, 0.25) is 0 Å². The number of fused-ring (bicyclic) bond motifs is 1. The smallest absolute Gasteiger partial charge is 0.143 e. The molecule has 5 N–H and O–H groups in total. The molecule has 7 nitrogen and oxygen atoms in total. The van der Waals surface area contributed by atoms with Crippen LogP contribution in [0.25, 0.3) is 0 Å². The van der Waals surface area contributed by atoms with Crippen molar-refractivity contribution >= 4 is 0 Å². The van der Waals surface area contributed by atoms with E-state index in [-0.39, 0.29) is 0 Å². The van der Waals surface area contributed by atoms with E-state index < -0.39 is 43.2 Å². The predicted octanol–water partition coefficient (Wildman–Crippen LogP) is 1.04. The summed E-state index contributed by atoms with van der Waals surface area (Å²) in [5.74, 6) is 0.945. The van der Waals surface area contributed by atoms with E-state index in [4.69, 9.17) is 9.47 Å². The molecule has 2 aliphatic rings. The van der Waals surface area contributed by atoms with Crippen LogP contribution in [0.1, 0.15) is 47.3 Å². The molecule has 0 aromatic heterocycles. The molecule has 1 fully saturated rings. The topological polar surface area (TPSA) is 120 Å². The Kier molecular flexibility index (Phi) is 6.86. The summed E-state index contributed by atoms with van der Waals surface area (Å²) in [7, 11) is 0. The number of ether oxygens (including phenoxy) is 2. The van der Waals surface area contributed by atoms with Crippen molar-refractivity contribution in [1.29, 1.82) is 0 Å². The van der Waals surface area contributed by atoms with Crippen LogP contribution >= 0.6 is 0 Å². The minimum absolute atomic E-state index is 0.614. The Labute approximate surface area is 187 Å². The summed E-state index contributed by atoms with van der Waals surface area (Å²) in [6.45, 7) is 1.44. The van der Waals surface area contributed by atoms with E-state index in [2.05, 4.69) is 19.1 Å². The van der Waals surface area contributed by atoms with Gasteiger partial charge in [0.15, 0.2) is 0 Å². The molecule has 0 saturated carbocycles. The first-order valence-corrected chi connectivity index (χ1v) is 11.2. The van der Waals surface area contributed by atoms with E-state index in [0.717, 1.165) is 48.3 Å². The molecule has 2 aliphatic heterocycles. The van der Waals surface area contributed by atoms with Crippen LogP contribution in [-0.4, -0.2) is 69.3 Å². The molecule has 4 atom stereocenters. The maximum atomic E-state index is 10.6. The van der Waals surface area contributed by atoms with Crippen molar-refractivity contribution in [2.75, 3.05) is 19.8 Å². The predicted molar refractivity (Wildman–Crippen MR) is 118 cm³/mol. The van der Waals surface area contributed by atoms with Crippen LogP contribution in [0.15, 0.2) is 36.4 Å². The van der Waals surface area contributed by atoms with Crippen molar-refractivity contribution in [2.24, 2.45) is 0 Å². The van der Waals surface area contributed by atoms with E-state index in [1.165, 1.54) is 5.56 Å². The zero-order valence-electron chi connectivity index (χ0n) is 18.3. The third-order valence-corrected chi connectivity index (χ3v) is 6.73. The molecule has 174 valence electrons. The fourth-order valence-corrected chi connectivity index (χ4v) is 4.72. The lowest BCUT2D eigenvalue weighted by molar-refractivity contribution is -0.289. The number of aryl methyl sites for hydroxylation is 2. The van der Waals surface area contributed by atoms with E-state index in [9.17, 15) is 25.5 Å². The highest BCUT2D eigenvalue weighted by Crippen LogP contribution is 2.39. The van der Waals surface area contributed by atoms with Crippen molar-refractivity contribution < 1.29 is 35.0 Å². The van der Waals surface area contributed by atoms with Crippen LogP contribution in [0, 0.1) is 0 Å². The standard InChI is InChI=1S/C25H32O7/c1-2-16-6-7-18(23-21(28)22(29)24(30)25(13-26,14-27)32-23)12-19(16)11-15-5-8-20-17(10-15)4-3-9-31-20/h5-8,10,12,21-24,26-30H,2-4,9,11,13-14H2,1H3/t21-,22-,23+,24+/m1/s1. The van der Waals surface area contributed by atoms with Crippen LogP contribution in [0.4, 0.5) is 0 Å². The summed E-state index contributed by atoms with van der Waals surface area (Å²) in [6, 6.07) is 12.0. The molecule has 7 heteroatoms. The Morgan fingerprint density at radius 3 is 2.47 bits per heavy atom. The highest BCUT2D eigenvalue weighted by Gasteiger charge is 2.53. The number of aliphatic hydroxyl groups excluding tert-OH is 5. The second kappa shape index (κ2) is 9.47. The second-order valence-corrected chi connectivity index (χ2v) is 8.80. The summed E-state index contributed by atoms with van der Waals surface area (Å²) < 4.78 is 11.5. The molecule has 0 bridgehead atoms. The monoisotopic (exact) mass is 444 g/mol. The molecule has 0 unspecified atom stereocenters. The Hall–Kier alpha value is -2.00. The van der Waals surface area contributed by atoms with Crippen LogP contribution in [-0.2, 0) is 24.0 Å². The number of hydrogen-bond donors (Lipinski definition) is 5. The normalized spacial score (nSPS) is 26.9. The Morgan fingerprint density at radius 2 is 1.75 bits per heavy atom. The molecular weight excluding hydrogens is 412 g/mol. The van der Waals surface area contributed by atoms with E-state index in [1.54, 1.807) is 0 Å². The molecule has 2 aromatic carbocycles. The van der Waals surface area contributed by atoms with Gasteiger partial charge in [-0.2, -0.15) is 0 Å². The fraction of sp³-hybridized carbons (Fsp3) is 0.520. The van der Waals surface area contributed by atoms with Gasteiger partial charge in [-0.15, -0.1) is 0 Å². The first kappa shape index (κ1) is 23.2. The van der Waals surface area contributed by atoms with Crippen LogP contribution < -0.4 is 4.74 Å². The van der Waals surface area contributed by atoms with Crippen molar-refractivity contribution in [3.8, 4) is 5.75 Å². The number of rotatable bonds is 6. The molecule has 2 heterocycles. The minimum atomic E-state index is -1.76. The summed E-state index contributed by atoms with van der Waals surface area (Å²) in [5, 5.41) is 50.8. The van der Waals surface area contributed by atoms with Gasteiger partial charge in [-0.25, -0.2) is 0 Å². The lowest BCUT2D eigenvalue weighted by Gasteiger charge is -2.47. The maximum absolute atomic E-state index is 10.6. The fourth-order valence-electron chi connectivity index (χ4n) is 4.72. The van der Waals surface area contributed by atoms with Crippen LogP contribution in [0.5, 0.6) is 5.75 Å². The minimum Gasteiger partial charge on any atom is -0.493 e. The van der Waals surface area contributed by atoms with Gasteiger partial charge in [0, 0.05) is 0 Å². The Morgan fingerprint density at radius 1 is 0.969 bits per heavy atom. The molecule has 0 aliphatic carbocycles. The van der Waals surface area contributed by atoms with E-state index in [0.29, 0.717) is 12.0 Å². The number of benzene rings is 2. The lowest BCUT2D eigenvalue weighted by atomic mass is 9.83. The Bertz CT molecular complexity index is 940. The third kappa shape index (κ3) is 4.17. The highest BCUT2D eigenvalue weighted by atomic mass is 16.6. The zero-order chi connectivity index (χ0) is 22.9. The van der Waals surface area contributed by atoms with Crippen molar-refractivity contribution in [2.45, 2.75) is 62.6 Å². The van der Waals surface area contributed by atoms with Crippen LogP contribution in [0.3, 0.4) is 0 Å². The second-order valence-electron chi connectivity index (χ2n) is 8.80. The average Bonchev–Trinajstić information content (AvgIpc) is 2.83. The Balaban J connectivity index is 1.65. The molecule has 0 amide bonds. The van der Waals surface area contributed by atoms with Gasteiger partial charge in [-0.05, 0) is 59.6 Å². The number of aliphatic hydroxyl groups is 5. The molecule has 2 aromatic rings. The van der Waals surface area contributed by atoms with Crippen molar-refractivity contribution in [3.63, 3.8) is 0 Å². The van der Waals surface area contributed by atoms with Gasteiger partial charge in [-0.1, -0.05) is 37.3 Å². The van der Waals surface area contributed by atoms with Crippen molar-refractivity contribution in [1.82, 2.24) is 0 Å². The van der Waals surface area contributed by atoms with Crippen molar-refractivity contribution in [3.05, 3.63) is 64.2 Å². The average molecular weight is 445 g/mol. The van der Waals surface area contributed by atoms with Crippen LogP contribution in [0.2, 0.25) is 0 Å². The van der Waals surface area contributed by atoms with E-state index in [1.807, 2.05) is 24.3 Å². The molecule has 4 rings (SSSR count). The van der Waals surface area contributed by atoms with Gasteiger partial charge in [-0.3, -0.25) is 0 Å². The highest BCUT2D eigenvalue weighted by molar-refractivity contribution is 5.43. The first-order chi connectivity index (χ1) is 15.4. The summed E-state index contributed by atoms with van der Waals surface area (Å²) >= 11 is 0. The number of hydrogen-bond acceptors (Lipinski definition) is 7. The first-order valence-electron chi connectivity index (χ1n) is 11.2. The van der Waals surface area contributed by atoms with Gasteiger partial charge in [0.1, 0.15) is 35.8 Å². The summed E-state index contributed by atoms with van der Waals surface area (Å²) in [6.07, 6.45) is -2.07. The van der Waals surface area contributed by atoms with Gasteiger partial charge in [0.25, 0.3) is 0 Å². The molecule has 0 radical (unpaired) electrons. The molecule has 1 saturated heterocycles. The summed E-state index contributed by atoms with van der Waals surface area (Å²) in [4.78, 5) is 0. The zero-order valence-corrected chi connectivity index (χ0v) is 18.3. The largest absolute Gasteiger partial charge is 0.493 e. The SMILES string of the molecule is CCc1ccc([C@@H]2OC(CO)(CO)[C@@H](O)[C@H](O)[C@H]2O)cc1Cc1ccc2c(c1)CCCO2. The quantitative estimate of drug-likeness (QED) is 0.452.